The lowest BCUT2D eigenvalue weighted by Crippen LogP contribution is -2.30. The highest BCUT2D eigenvalue weighted by Gasteiger charge is 2.21. The van der Waals surface area contributed by atoms with E-state index in [0.717, 1.165) is 5.56 Å². The van der Waals surface area contributed by atoms with Crippen molar-refractivity contribution in [2.45, 2.75) is 6.42 Å². The average Bonchev–Trinajstić information content (AvgIpc) is 3.15. The van der Waals surface area contributed by atoms with Crippen LogP contribution >= 0.6 is 34.5 Å². The predicted molar refractivity (Wildman–Crippen MR) is 108 cm³/mol. The first kappa shape index (κ1) is 19.8. The molecule has 0 spiro atoms. The second-order valence-electron chi connectivity index (χ2n) is 6.02. The number of carbonyl (C=O) groups is 1. The molecular weight excluding hydrogens is 410 g/mol. The van der Waals surface area contributed by atoms with E-state index >= 15 is 0 Å². The van der Waals surface area contributed by atoms with Gasteiger partial charge in [0, 0.05) is 19.2 Å². The highest BCUT2D eigenvalue weighted by atomic mass is 35.5. The molecule has 0 unspecified atom stereocenters. The molecular formula is C18H17Cl2FN4OS. The molecule has 1 amide bonds. The van der Waals surface area contributed by atoms with Gasteiger partial charge in [0.15, 0.2) is 0 Å². The van der Waals surface area contributed by atoms with Crippen molar-refractivity contribution in [3.63, 3.8) is 0 Å². The molecule has 3 aromatic rings. The van der Waals surface area contributed by atoms with Gasteiger partial charge in [0.05, 0.1) is 27.8 Å². The van der Waals surface area contributed by atoms with Crippen LogP contribution < -0.4 is 11.1 Å². The zero-order valence-electron chi connectivity index (χ0n) is 14.4. The lowest BCUT2D eigenvalue weighted by Gasteiger charge is -2.14. The molecule has 1 atom stereocenters. The van der Waals surface area contributed by atoms with Crippen LogP contribution in [0.3, 0.4) is 0 Å². The van der Waals surface area contributed by atoms with Crippen molar-refractivity contribution >= 4 is 45.4 Å². The summed E-state index contributed by atoms with van der Waals surface area (Å²) in [6, 6.07) is 7.79. The number of anilines is 1. The van der Waals surface area contributed by atoms with Gasteiger partial charge in [-0.3, -0.25) is 9.48 Å². The normalized spacial score (nSPS) is 12.2. The largest absolute Gasteiger partial charge is 0.330 e. The van der Waals surface area contributed by atoms with Gasteiger partial charge in [0.2, 0.25) is 5.91 Å². The van der Waals surface area contributed by atoms with Crippen LogP contribution in [0.15, 0.2) is 36.5 Å². The van der Waals surface area contributed by atoms with E-state index in [1.54, 1.807) is 29.9 Å². The summed E-state index contributed by atoms with van der Waals surface area (Å²) in [5.74, 6) is -0.982. The maximum absolute atomic E-state index is 13.0. The van der Waals surface area contributed by atoms with Gasteiger partial charge in [-0.1, -0.05) is 35.3 Å². The van der Waals surface area contributed by atoms with Crippen molar-refractivity contribution in [3.05, 3.63) is 57.3 Å². The number of rotatable bonds is 6. The fourth-order valence-electron chi connectivity index (χ4n) is 2.72. The second-order valence-corrected chi connectivity index (χ2v) is 8.08. The van der Waals surface area contributed by atoms with Crippen molar-refractivity contribution in [2.75, 3.05) is 11.9 Å². The summed E-state index contributed by atoms with van der Waals surface area (Å²) in [6.45, 7) is 0.169. The van der Waals surface area contributed by atoms with Gasteiger partial charge in [0.25, 0.3) is 0 Å². The molecule has 5 nitrogen and oxygen atoms in total. The van der Waals surface area contributed by atoms with Crippen LogP contribution in [0.5, 0.6) is 0 Å². The summed E-state index contributed by atoms with van der Waals surface area (Å²) < 4.78 is 15.2. The van der Waals surface area contributed by atoms with E-state index in [1.807, 2.05) is 0 Å². The van der Waals surface area contributed by atoms with Crippen LogP contribution in [0.2, 0.25) is 9.36 Å². The summed E-state index contributed by atoms with van der Waals surface area (Å²) >= 11 is 13.7. The number of nitrogens with zero attached hydrogens (tertiary/aromatic N) is 2. The molecule has 27 heavy (non-hydrogen) atoms. The number of hydrogen-bond donors (Lipinski definition) is 2. The van der Waals surface area contributed by atoms with Crippen LogP contribution in [-0.2, 0) is 18.3 Å². The highest BCUT2D eigenvalue weighted by molar-refractivity contribution is 7.20. The lowest BCUT2D eigenvalue weighted by molar-refractivity contribution is -0.119. The van der Waals surface area contributed by atoms with Crippen LogP contribution in [0, 0.1) is 11.7 Å². The molecule has 3 N–H and O–H groups in total. The van der Waals surface area contributed by atoms with Crippen LogP contribution in [0.1, 0.15) is 5.56 Å². The summed E-state index contributed by atoms with van der Waals surface area (Å²) in [4.78, 5) is 12.6. The van der Waals surface area contributed by atoms with Crippen molar-refractivity contribution in [1.29, 1.82) is 0 Å². The van der Waals surface area contributed by atoms with Crippen LogP contribution in [0.25, 0.3) is 11.3 Å². The molecule has 0 aliphatic carbocycles. The molecule has 0 aliphatic rings. The van der Waals surface area contributed by atoms with Gasteiger partial charge >= 0.3 is 0 Å². The molecule has 142 valence electrons. The summed E-state index contributed by atoms with van der Waals surface area (Å²) in [5, 5.41) is 8.02. The molecule has 0 fully saturated rings. The number of aryl methyl sites for hydroxylation is 1. The van der Waals surface area contributed by atoms with Gasteiger partial charge in [-0.25, -0.2) is 4.39 Å². The Balaban J connectivity index is 1.75. The average molecular weight is 427 g/mol. The fourth-order valence-corrected chi connectivity index (χ4v) is 4.17. The van der Waals surface area contributed by atoms with Crippen LogP contribution in [0.4, 0.5) is 9.39 Å². The number of carbonyl (C=O) groups excluding carboxylic acids is 1. The topological polar surface area (TPSA) is 72.9 Å². The number of halogens is 3. The molecule has 0 bridgehead atoms. The number of nitrogens with two attached hydrogens (primary N) is 1. The van der Waals surface area contributed by atoms with E-state index in [9.17, 15) is 9.18 Å². The molecule has 2 heterocycles. The monoisotopic (exact) mass is 426 g/mol. The van der Waals surface area contributed by atoms with Gasteiger partial charge in [-0.2, -0.15) is 5.10 Å². The fraction of sp³-hybridized carbons (Fsp3) is 0.222. The smallest absolute Gasteiger partial charge is 0.229 e. The minimum Gasteiger partial charge on any atom is -0.330 e. The lowest BCUT2D eigenvalue weighted by atomic mass is 9.98. The summed E-state index contributed by atoms with van der Waals surface area (Å²) in [6.07, 6.45) is 1.96. The zero-order valence-corrected chi connectivity index (χ0v) is 16.7. The van der Waals surface area contributed by atoms with E-state index < -0.39 is 5.92 Å². The molecule has 3 rings (SSSR count). The summed E-state index contributed by atoms with van der Waals surface area (Å²) in [5.41, 5.74) is 7.99. The van der Waals surface area contributed by atoms with Crippen molar-refractivity contribution < 1.29 is 9.18 Å². The van der Waals surface area contributed by atoms with E-state index in [1.165, 1.54) is 29.7 Å². The predicted octanol–water partition coefficient (Wildman–Crippen LogP) is 4.35. The molecule has 0 radical (unpaired) electrons. The third-order valence-corrected chi connectivity index (χ3v) is 5.68. The molecule has 2 aromatic heterocycles. The zero-order chi connectivity index (χ0) is 19.6. The third kappa shape index (κ3) is 4.50. The van der Waals surface area contributed by atoms with E-state index in [0.29, 0.717) is 32.0 Å². The Morgan fingerprint density at radius 1 is 1.37 bits per heavy atom. The summed E-state index contributed by atoms with van der Waals surface area (Å²) in [7, 11) is 1.76. The Morgan fingerprint density at radius 3 is 2.67 bits per heavy atom. The number of thiophene rings is 1. The number of nitrogens with one attached hydrogen (secondary N) is 1. The van der Waals surface area contributed by atoms with E-state index in [4.69, 9.17) is 28.9 Å². The van der Waals surface area contributed by atoms with Crippen molar-refractivity contribution in [3.8, 4) is 11.3 Å². The number of aromatic nitrogens is 2. The van der Waals surface area contributed by atoms with E-state index in [2.05, 4.69) is 10.4 Å². The molecule has 1 aromatic carbocycles. The van der Waals surface area contributed by atoms with E-state index in [-0.39, 0.29) is 18.3 Å². The first-order chi connectivity index (χ1) is 12.9. The van der Waals surface area contributed by atoms with Crippen molar-refractivity contribution in [2.24, 2.45) is 18.7 Å². The molecule has 0 saturated heterocycles. The maximum Gasteiger partial charge on any atom is 0.229 e. The van der Waals surface area contributed by atoms with Gasteiger partial charge in [0.1, 0.15) is 10.2 Å². The maximum atomic E-state index is 13.0. The Hall–Kier alpha value is -1.93. The molecule has 0 aliphatic heterocycles. The van der Waals surface area contributed by atoms with Crippen molar-refractivity contribution in [1.82, 2.24) is 9.78 Å². The Kier molecular flexibility index (Phi) is 6.16. The quantitative estimate of drug-likeness (QED) is 0.615. The Morgan fingerprint density at radius 2 is 2.07 bits per heavy atom. The highest BCUT2D eigenvalue weighted by Crippen LogP contribution is 2.41. The number of amides is 1. The Bertz CT molecular complexity index is 935. The van der Waals surface area contributed by atoms with Gasteiger partial charge in [-0.15, -0.1) is 11.3 Å². The number of hydrogen-bond acceptors (Lipinski definition) is 4. The Labute approximate surface area is 169 Å². The van der Waals surface area contributed by atoms with Gasteiger partial charge < -0.3 is 11.1 Å². The minimum atomic E-state index is -0.444. The standard InChI is InChI=1S/C18H17Cl2FN4OS/c1-25-16(14(19)9-23-25)13-7-15(27-17(13)20)24-18(26)11(8-22)6-10-2-4-12(21)5-3-10/h2-5,7,9,11H,6,8,22H2,1H3,(H,24,26)/t11-/m1/s1. The SMILES string of the molecule is Cn1ncc(Cl)c1-c1cc(NC(=O)[C@@H](CN)Cc2ccc(F)cc2)sc1Cl. The second kappa shape index (κ2) is 8.39. The minimum absolute atomic E-state index is 0.169. The van der Waals surface area contributed by atoms with Gasteiger partial charge in [-0.05, 0) is 30.2 Å². The first-order valence-corrected chi connectivity index (χ1v) is 9.69. The number of benzene rings is 1. The van der Waals surface area contributed by atoms with Crippen LogP contribution in [-0.4, -0.2) is 22.2 Å². The molecule has 0 saturated carbocycles. The first-order valence-electron chi connectivity index (χ1n) is 8.11. The molecule has 9 heteroatoms. The third-order valence-electron chi connectivity index (χ3n) is 4.13.